The monoisotopic (exact) mass is 591 g/mol. The normalized spacial score (nSPS) is 14.7. The summed E-state index contributed by atoms with van der Waals surface area (Å²) < 4.78 is 8.97. The van der Waals surface area contributed by atoms with Gasteiger partial charge in [0, 0.05) is 27.6 Å². The summed E-state index contributed by atoms with van der Waals surface area (Å²) in [6, 6.07) is 55.0. The van der Waals surface area contributed by atoms with E-state index in [9.17, 15) is 0 Å². The van der Waals surface area contributed by atoms with E-state index in [2.05, 4.69) is 143 Å². The maximum absolute atomic E-state index is 6.63. The van der Waals surface area contributed by atoms with Crippen molar-refractivity contribution in [2.45, 2.75) is 6.17 Å². The third-order valence-corrected chi connectivity index (χ3v) is 8.86. The SMILES string of the molecule is C1=C(c2ccc(-c3ccccc3)cc2)NC(c2ccccc2)=NC1n1c2ccccc2c2c3oc(-c4ccccc4)cc3ccc21. The zero-order chi connectivity index (χ0) is 30.5. The van der Waals surface area contributed by atoms with E-state index in [-0.39, 0.29) is 6.17 Å². The minimum Gasteiger partial charge on any atom is -0.455 e. The number of benzene rings is 6. The summed E-state index contributed by atoms with van der Waals surface area (Å²) in [5, 5.41) is 7.00. The highest BCUT2D eigenvalue weighted by atomic mass is 16.3. The summed E-state index contributed by atoms with van der Waals surface area (Å²) in [6.07, 6.45) is 1.95. The third-order valence-electron chi connectivity index (χ3n) is 8.86. The number of hydrogen-bond donors (Lipinski definition) is 1. The van der Waals surface area contributed by atoms with Gasteiger partial charge in [0.15, 0.2) is 0 Å². The Balaban J connectivity index is 1.23. The van der Waals surface area contributed by atoms with E-state index in [0.29, 0.717) is 0 Å². The standard InChI is InChI=1S/C42H29N3O/c1-4-12-28(13-5-1)29-20-22-30(23-21-29)35-27-39(44-42(43-35)32-16-8-3-9-17-32)45-36-19-11-10-18-34(36)40-37(45)25-24-33-26-38(46-41(33)40)31-14-6-2-7-15-31/h1-27,39H,(H,43,44). The first-order valence-electron chi connectivity index (χ1n) is 15.6. The molecule has 1 aliphatic rings. The van der Waals surface area contributed by atoms with Gasteiger partial charge < -0.3 is 14.3 Å². The van der Waals surface area contributed by atoms with Crippen LogP contribution < -0.4 is 5.32 Å². The second-order valence-corrected chi connectivity index (χ2v) is 11.6. The topological polar surface area (TPSA) is 42.5 Å². The molecule has 0 radical (unpaired) electrons. The summed E-state index contributed by atoms with van der Waals surface area (Å²) in [5.41, 5.74) is 9.72. The number of rotatable bonds is 5. The van der Waals surface area contributed by atoms with E-state index in [4.69, 9.17) is 9.41 Å². The third kappa shape index (κ3) is 4.42. The smallest absolute Gasteiger partial charge is 0.149 e. The molecule has 0 amide bonds. The van der Waals surface area contributed by atoms with Crippen molar-refractivity contribution in [2.75, 3.05) is 0 Å². The molecule has 0 spiro atoms. The summed E-state index contributed by atoms with van der Waals surface area (Å²) >= 11 is 0. The first-order valence-corrected chi connectivity index (χ1v) is 15.6. The molecule has 6 aromatic carbocycles. The van der Waals surface area contributed by atoms with Gasteiger partial charge in [-0.05, 0) is 47.0 Å². The fraction of sp³-hybridized carbons (Fsp3) is 0.0238. The van der Waals surface area contributed by atoms with Crippen LogP contribution in [0.4, 0.5) is 0 Å². The summed E-state index contributed by atoms with van der Waals surface area (Å²) in [6.45, 7) is 0. The largest absolute Gasteiger partial charge is 0.455 e. The van der Waals surface area contributed by atoms with Gasteiger partial charge in [0.2, 0.25) is 0 Å². The van der Waals surface area contributed by atoms with Crippen LogP contribution >= 0.6 is 0 Å². The quantitative estimate of drug-likeness (QED) is 0.216. The van der Waals surface area contributed by atoms with E-state index in [1.165, 1.54) is 11.1 Å². The van der Waals surface area contributed by atoms with Crippen molar-refractivity contribution in [1.82, 2.24) is 9.88 Å². The molecule has 1 N–H and O–H groups in total. The summed E-state index contributed by atoms with van der Waals surface area (Å²) in [7, 11) is 0. The number of para-hydroxylation sites is 1. The van der Waals surface area contributed by atoms with Crippen molar-refractivity contribution in [1.29, 1.82) is 0 Å². The van der Waals surface area contributed by atoms with Crippen molar-refractivity contribution in [2.24, 2.45) is 4.99 Å². The lowest BCUT2D eigenvalue weighted by Gasteiger charge is -2.25. The van der Waals surface area contributed by atoms with Crippen LogP contribution in [0.5, 0.6) is 0 Å². The average molecular weight is 592 g/mol. The van der Waals surface area contributed by atoms with E-state index >= 15 is 0 Å². The Morgan fingerprint density at radius 1 is 0.543 bits per heavy atom. The second kappa shape index (κ2) is 10.8. The molecular weight excluding hydrogens is 562 g/mol. The van der Waals surface area contributed by atoms with Crippen molar-refractivity contribution < 1.29 is 4.42 Å². The maximum atomic E-state index is 6.63. The van der Waals surface area contributed by atoms with Gasteiger partial charge in [0.25, 0.3) is 0 Å². The van der Waals surface area contributed by atoms with Gasteiger partial charge in [-0.3, -0.25) is 0 Å². The van der Waals surface area contributed by atoms with Gasteiger partial charge in [-0.25, -0.2) is 4.99 Å². The molecule has 1 atom stereocenters. The van der Waals surface area contributed by atoms with Crippen LogP contribution in [0.1, 0.15) is 17.3 Å². The average Bonchev–Trinajstić information content (AvgIpc) is 3.72. The first-order chi connectivity index (χ1) is 22.8. The zero-order valence-corrected chi connectivity index (χ0v) is 25.0. The molecule has 4 nitrogen and oxygen atoms in total. The lowest BCUT2D eigenvalue weighted by Crippen LogP contribution is -2.29. The Labute approximate surface area is 266 Å². The Morgan fingerprint density at radius 2 is 1.15 bits per heavy atom. The minimum atomic E-state index is -0.288. The number of aromatic nitrogens is 1. The van der Waals surface area contributed by atoms with E-state index < -0.39 is 0 Å². The predicted molar refractivity (Wildman–Crippen MR) is 190 cm³/mol. The molecule has 0 saturated carbocycles. The number of furan rings is 1. The van der Waals surface area contributed by atoms with Crippen LogP contribution in [0, 0.1) is 0 Å². The predicted octanol–water partition coefficient (Wildman–Crippen LogP) is 10.5. The molecule has 1 unspecified atom stereocenters. The molecule has 1 aliphatic heterocycles. The molecule has 0 fully saturated rings. The molecule has 218 valence electrons. The highest BCUT2D eigenvalue weighted by molar-refractivity contribution is 6.19. The summed E-state index contributed by atoms with van der Waals surface area (Å²) in [4.78, 5) is 5.33. The van der Waals surface area contributed by atoms with Crippen molar-refractivity contribution in [3.63, 3.8) is 0 Å². The molecule has 4 heteroatoms. The molecule has 9 rings (SSSR count). The van der Waals surface area contributed by atoms with Crippen molar-refractivity contribution >= 4 is 44.3 Å². The number of amidine groups is 1. The van der Waals surface area contributed by atoms with Crippen molar-refractivity contribution in [3.05, 3.63) is 175 Å². The fourth-order valence-corrected chi connectivity index (χ4v) is 6.64. The highest BCUT2D eigenvalue weighted by Gasteiger charge is 2.24. The first kappa shape index (κ1) is 26.3. The van der Waals surface area contributed by atoms with Gasteiger partial charge in [-0.2, -0.15) is 0 Å². The van der Waals surface area contributed by atoms with E-state index in [1.54, 1.807) is 0 Å². The van der Waals surface area contributed by atoms with Crippen LogP contribution in [0.25, 0.3) is 60.9 Å². The van der Waals surface area contributed by atoms with Gasteiger partial charge in [0.1, 0.15) is 23.3 Å². The van der Waals surface area contributed by atoms with Gasteiger partial charge in [0.05, 0.1) is 16.4 Å². The molecule has 0 saturated heterocycles. The maximum Gasteiger partial charge on any atom is 0.149 e. The van der Waals surface area contributed by atoms with Crippen LogP contribution in [0.3, 0.4) is 0 Å². The zero-order valence-electron chi connectivity index (χ0n) is 25.0. The lowest BCUT2D eigenvalue weighted by atomic mass is 10.0. The number of aliphatic imine (C=N–C) groups is 1. The van der Waals surface area contributed by atoms with Gasteiger partial charge >= 0.3 is 0 Å². The van der Waals surface area contributed by atoms with E-state index in [0.717, 1.165) is 66.8 Å². The molecule has 3 heterocycles. The minimum absolute atomic E-state index is 0.288. The summed E-state index contributed by atoms with van der Waals surface area (Å²) in [5.74, 6) is 1.71. The van der Waals surface area contributed by atoms with Crippen LogP contribution in [-0.2, 0) is 0 Å². The second-order valence-electron chi connectivity index (χ2n) is 11.6. The number of nitrogens with zero attached hydrogens (tertiary/aromatic N) is 2. The van der Waals surface area contributed by atoms with Crippen molar-refractivity contribution in [3.8, 4) is 22.5 Å². The van der Waals surface area contributed by atoms with Crippen LogP contribution in [-0.4, -0.2) is 10.4 Å². The molecular formula is C42H29N3O. The fourth-order valence-electron chi connectivity index (χ4n) is 6.64. The lowest BCUT2D eigenvalue weighted by molar-refractivity contribution is 0.634. The number of fused-ring (bicyclic) bond motifs is 5. The molecule has 0 aliphatic carbocycles. The molecule has 2 aromatic heterocycles. The Morgan fingerprint density at radius 3 is 1.89 bits per heavy atom. The highest BCUT2D eigenvalue weighted by Crippen LogP contribution is 2.41. The number of hydrogen-bond acceptors (Lipinski definition) is 3. The molecule has 46 heavy (non-hydrogen) atoms. The Kier molecular flexibility index (Phi) is 6.17. The van der Waals surface area contributed by atoms with E-state index in [1.807, 2.05) is 30.3 Å². The van der Waals surface area contributed by atoms with Gasteiger partial charge in [-0.15, -0.1) is 0 Å². The van der Waals surface area contributed by atoms with Crippen LogP contribution in [0.2, 0.25) is 0 Å². The van der Waals surface area contributed by atoms with Gasteiger partial charge in [-0.1, -0.05) is 133 Å². The Bertz CT molecular complexity index is 2420. The number of nitrogens with one attached hydrogen (secondary N) is 1. The van der Waals surface area contributed by atoms with Crippen LogP contribution in [0.15, 0.2) is 173 Å². The Hall–Kier alpha value is -6.13. The molecule has 8 aromatic rings. The molecule has 0 bridgehead atoms.